The lowest BCUT2D eigenvalue weighted by atomic mass is 10.1. The molecule has 2 atom stereocenters. The van der Waals surface area contributed by atoms with Gasteiger partial charge in [-0.3, -0.25) is 9.59 Å². The number of nitrogens with zero attached hydrogens (tertiary/aromatic N) is 1. The fourth-order valence-electron chi connectivity index (χ4n) is 4.12. The molecule has 33 heavy (non-hydrogen) atoms. The molecule has 176 valence electrons. The minimum absolute atomic E-state index is 0.0315. The molecule has 6 nitrogen and oxygen atoms in total. The van der Waals surface area contributed by atoms with Crippen LogP contribution in [0.5, 0.6) is 11.5 Å². The smallest absolute Gasteiger partial charge is 0.303 e. The second-order valence-electron chi connectivity index (χ2n) is 8.54. The first-order chi connectivity index (χ1) is 15.9. The quantitative estimate of drug-likeness (QED) is 0.333. The van der Waals surface area contributed by atoms with Gasteiger partial charge in [-0.05, 0) is 49.9 Å². The molecule has 0 radical (unpaired) electrons. The Balaban J connectivity index is 1.58. The predicted octanol–water partition coefficient (Wildman–Crippen LogP) is 5.40. The molecule has 2 N–H and O–H groups in total. The molecule has 3 rings (SSSR count). The number of para-hydroxylation sites is 1. The highest BCUT2D eigenvalue weighted by Crippen LogP contribution is 2.31. The molecule has 2 aromatic rings. The zero-order chi connectivity index (χ0) is 23.6. The summed E-state index contributed by atoms with van der Waals surface area (Å²) in [6.07, 6.45) is 7.53. The van der Waals surface area contributed by atoms with E-state index in [1.54, 1.807) is 6.08 Å². The predicted molar refractivity (Wildman–Crippen MR) is 127 cm³/mol. The van der Waals surface area contributed by atoms with Crippen molar-refractivity contribution in [3.63, 3.8) is 0 Å². The number of aliphatic hydroxyl groups is 1. The number of amides is 1. The van der Waals surface area contributed by atoms with Gasteiger partial charge in [0.15, 0.2) is 0 Å². The number of likely N-dealkylation sites (tertiary alicyclic amines) is 1. The van der Waals surface area contributed by atoms with Gasteiger partial charge in [0.25, 0.3) is 0 Å². The van der Waals surface area contributed by atoms with E-state index in [4.69, 9.17) is 9.84 Å². The van der Waals surface area contributed by atoms with Crippen molar-refractivity contribution in [1.29, 1.82) is 0 Å². The highest BCUT2D eigenvalue weighted by molar-refractivity contribution is 5.79. The van der Waals surface area contributed by atoms with Crippen LogP contribution in [0.1, 0.15) is 62.2 Å². The third kappa shape index (κ3) is 7.46. The molecule has 6 heteroatoms. The second kappa shape index (κ2) is 12.2. The zero-order valence-electron chi connectivity index (χ0n) is 19.2. The van der Waals surface area contributed by atoms with Gasteiger partial charge in [-0.25, -0.2) is 0 Å². The van der Waals surface area contributed by atoms with E-state index in [0.29, 0.717) is 30.7 Å². The van der Waals surface area contributed by atoms with E-state index in [0.717, 1.165) is 37.0 Å². The summed E-state index contributed by atoms with van der Waals surface area (Å²) >= 11 is 0. The second-order valence-corrected chi connectivity index (χ2v) is 8.54. The summed E-state index contributed by atoms with van der Waals surface area (Å²) < 4.78 is 6.03. The highest BCUT2D eigenvalue weighted by atomic mass is 16.5. The van der Waals surface area contributed by atoms with E-state index >= 15 is 0 Å². The first kappa shape index (κ1) is 24.5. The molecule has 1 heterocycles. The average molecular weight is 452 g/mol. The van der Waals surface area contributed by atoms with Gasteiger partial charge in [0.05, 0.1) is 6.04 Å². The van der Waals surface area contributed by atoms with Crippen molar-refractivity contribution in [3.8, 4) is 11.5 Å². The SMILES string of the molecule is Cc1cccc(Oc2ccccc2C(O)/C=C/[C@H]2CCC(=O)N2CCCCCCC(=O)O)c1. The number of carboxylic acids is 1. The fourth-order valence-corrected chi connectivity index (χ4v) is 4.12. The first-order valence-electron chi connectivity index (χ1n) is 11.6. The van der Waals surface area contributed by atoms with Crippen LogP contribution in [0.3, 0.4) is 0 Å². The topological polar surface area (TPSA) is 87.1 Å². The number of aryl methyl sites for hydroxylation is 1. The van der Waals surface area contributed by atoms with Crippen LogP contribution >= 0.6 is 0 Å². The van der Waals surface area contributed by atoms with Gasteiger partial charge in [0.2, 0.25) is 5.91 Å². The average Bonchev–Trinajstić information content (AvgIpc) is 3.14. The maximum absolute atomic E-state index is 12.3. The Kier molecular flexibility index (Phi) is 9.07. The van der Waals surface area contributed by atoms with Crippen LogP contribution in [-0.4, -0.2) is 39.6 Å². The molecule has 1 saturated heterocycles. The van der Waals surface area contributed by atoms with E-state index in [1.807, 2.05) is 66.4 Å². The molecule has 0 aliphatic carbocycles. The van der Waals surface area contributed by atoms with Crippen molar-refractivity contribution < 1.29 is 24.5 Å². The Hall–Kier alpha value is -3.12. The Morgan fingerprint density at radius 3 is 2.73 bits per heavy atom. The number of hydrogen-bond donors (Lipinski definition) is 2. The molecule has 1 fully saturated rings. The molecule has 0 aromatic heterocycles. The molecule has 2 aromatic carbocycles. The molecule has 0 saturated carbocycles. The number of benzene rings is 2. The maximum Gasteiger partial charge on any atom is 0.303 e. The number of carboxylic acid groups (broad SMARTS) is 1. The highest BCUT2D eigenvalue weighted by Gasteiger charge is 2.28. The molecule has 0 spiro atoms. The molecule has 1 aliphatic heterocycles. The van der Waals surface area contributed by atoms with Crippen molar-refractivity contribution in [2.24, 2.45) is 0 Å². The summed E-state index contributed by atoms with van der Waals surface area (Å²) in [5.41, 5.74) is 1.77. The number of rotatable bonds is 12. The number of aliphatic carboxylic acids is 1. The first-order valence-corrected chi connectivity index (χ1v) is 11.6. The van der Waals surface area contributed by atoms with Crippen LogP contribution in [0.25, 0.3) is 0 Å². The normalized spacial score (nSPS) is 17.0. The van der Waals surface area contributed by atoms with Gasteiger partial charge in [-0.2, -0.15) is 0 Å². The van der Waals surface area contributed by atoms with E-state index < -0.39 is 12.1 Å². The van der Waals surface area contributed by atoms with Crippen molar-refractivity contribution in [2.45, 2.75) is 64.0 Å². The number of ether oxygens (including phenoxy) is 1. The summed E-state index contributed by atoms with van der Waals surface area (Å²) in [6, 6.07) is 15.2. The Labute approximate surface area is 195 Å². The monoisotopic (exact) mass is 451 g/mol. The molecule has 1 unspecified atom stereocenters. The number of hydrogen-bond acceptors (Lipinski definition) is 4. The number of unbranched alkanes of at least 4 members (excludes halogenated alkanes) is 3. The Bertz CT molecular complexity index is 970. The minimum atomic E-state index is -0.848. The van der Waals surface area contributed by atoms with Crippen molar-refractivity contribution in [1.82, 2.24) is 4.90 Å². The van der Waals surface area contributed by atoms with Crippen LogP contribution < -0.4 is 4.74 Å². The summed E-state index contributed by atoms with van der Waals surface area (Å²) in [7, 11) is 0. The van der Waals surface area contributed by atoms with E-state index in [-0.39, 0.29) is 18.4 Å². The lowest BCUT2D eigenvalue weighted by molar-refractivity contribution is -0.137. The van der Waals surface area contributed by atoms with Gasteiger partial charge in [-0.15, -0.1) is 0 Å². The zero-order valence-corrected chi connectivity index (χ0v) is 19.2. The standard InChI is InChI=1S/C27H33NO5/c1-20-9-8-10-22(19-20)33-25-12-6-5-11-23(25)24(29)16-14-21-15-17-26(30)28(21)18-7-3-2-4-13-27(31)32/h5-6,8-12,14,16,19,21,24,29H,2-4,7,13,15,17-18H2,1H3,(H,31,32)/b16-14+/t21-,24?/m0/s1. The minimum Gasteiger partial charge on any atom is -0.481 e. The summed E-state index contributed by atoms with van der Waals surface area (Å²) in [5.74, 6) is 0.683. The molecule has 0 bridgehead atoms. The summed E-state index contributed by atoms with van der Waals surface area (Å²) in [6.45, 7) is 2.66. The van der Waals surface area contributed by atoms with Gasteiger partial charge >= 0.3 is 5.97 Å². The van der Waals surface area contributed by atoms with Crippen LogP contribution in [0.4, 0.5) is 0 Å². The summed E-state index contributed by atoms with van der Waals surface area (Å²) in [5, 5.41) is 19.6. The molecule has 1 amide bonds. The number of carbonyl (C=O) groups excluding carboxylic acids is 1. The van der Waals surface area contributed by atoms with Gasteiger partial charge < -0.3 is 19.8 Å². The fraction of sp³-hybridized carbons (Fsp3) is 0.407. The molecule has 1 aliphatic rings. The van der Waals surface area contributed by atoms with Gasteiger partial charge in [0, 0.05) is 24.9 Å². The number of aliphatic hydroxyl groups excluding tert-OH is 1. The Morgan fingerprint density at radius 1 is 1.15 bits per heavy atom. The molecular formula is C27H33NO5. The van der Waals surface area contributed by atoms with Crippen LogP contribution in [0, 0.1) is 6.92 Å². The van der Waals surface area contributed by atoms with E-state index in [2.05, 4.69) is 0 Å². The van der Waals surface area contributed by atoms with Crippen LogP contribution in [0.15, 0.2) is 60.7 Å². The third-order valence-electron chi connectivity index (χ3n) is 5.88. The van der Waals surface area contributed by atoms with Crippen LogP contribution in [-0.2, 0) is 9.59 Å². The number of carbonyl (C=O) groups is 2. The third-order valence-corrected chi connectivity index (χ3v) is 5.88. The van der Waals surface area contributed by atoms with Gasteiger partial charge in [0.1, 0.15) is 17.6 Å². The van der Waals surface area contributed by atoms with Crippen molar-refractivity contribution >= 4 is 11.9 Å². The van der Waals surface area contributed by atoms with Gasteiger partial charge in [-0.1, -0.05) is 55.3 Å². The van der Waals surface area contributed by atoms with Crippen LogP contribution in [0.2, 0.25) is 0 Å². The van der Waals surface area contributed by atoms with E-state index in [9.17, 15) is 14.7 Å². The molecular weight excluding hydrogens is 418 g/mol. The largest absolute Gasteiger partial charge is 0.481 e. The van der Waals surface area contributed by atoms with Crippen molar-refractivity contribution in [3.05, 3.63) is 71.8 Å². The summed E-state index contributed by atoms with van der Waals surface area (Å²) in [4.78, 5) is 24.8. The van der Waals surface area contributed by atoms with Crippen molar-refractivity contribution in [2.75, 3.05) is 6.54 Å². The Morgan fingerprint density at radius 2 is 1.94 bits per heavy atom. The van der Waals surface area contributed by atoms with E-state index in [1.165, 1.54) is 0 Å². The maximum atomic E-state index is 12.3. The lowest BCUT2D eigenvalue weighted by Crippen LogP contribution is -2.32. The lowest BCUT2D eigenvalue weighted by Gasteiger charge is -2.23.